The summed E-state index contributed by atoms with van der Waals surface area (Å²) in [6.45, 7) is 2.31. The van der Waals surface area contributed by atoms with Gasteiger partial charge in [0, 0.05) is 38.2 Å². The van der Waals surface area contributed by atoms with Crippen LogP contribution < -0.4 is 14.2 Å². The standard InChI is InChI=1S/C24H30N2O5/c1-29-20-8-5-4-7-18(20)10-12-23(27)25-13-6-14-26(16-15-25)24(28)19-9-11-21(30-2)22(17-19)31-3/h4-5,7-9,11,17H,6,10,12-16H2,1-3H3. The first-order valence-electron chi connectivity index (χ1n) is 10.5. The van der Waals surface area contributed by atoms with Crippen molar-refractivity contribution in [2.75, 3.05) is 47.5 Å². The van der Waals surface area contributed by atoms with Crippen molar-refractivity contribution < 1.29 is 23.8 Å². The van der Waals surface area contributed by atoms with Gasteiger partial charge in [0.05, 0.1) is 21.3 Å². The normalized spacial score (nSPS) is 14.0. The Hall–Kier alpha value is -3.22. The van der Waals surface area contributed by atoms with E-state index in [-0.39, 0.29) is 11.8 Å². The van der Waals surface area contributed by atoms with E-state index in [2.05, 4.69) is 0 Å². The van der Waals surface area contributed by atoms with E-state index in [4.69, 9.17) is 14.2 Å². The molecule has 0 aromatic heterocycles. The minimum absolute atomic E-state index is 0.0655. The zero-order valence-electron chi connectivity index (χ0n) is 18.4. The fourth-order valence-corrected chi connectivity index (χ4v) is 3.83. The lowest BCUT2D eigenvalue weighted by Crippen LogP contribution is -2.37. The Morgan fingerprint density at radius 3 is 2.23 bits per heavy atom. The largest absolute Gasteiger partial charge is 0.496 e. The molecule has 31 heavy (non-hydrogen) atoms. The number of ether oxygens (including phenoxy) is 3. The minimum atomic E-state index is -0.0655. The molecule has 0 radical (unpaired) electrons. The first-order chi connectivity index (χ1) is 15.1. The number of nitrogens with zero attached hydrogens (tertiary/aromatic N) is 2. The van der Waals surface area contributed by atoms with Crippen molar-refractivity contribution in [3.8, 4) is 17.2 Å². The highest BCUT2D eigenvalue weighted by Crippen LogP contribution is 2.28. The van der Waals surface area contributed by atoms with Gasteiger partial charge in [-0.15, -0.1) is 0 Å². The van der Waals surface area contributed by atoms with Gasteiger partial charge in [0.15, 0.2) is 11.5 Å². The van der Waals surface area contributed by atoms with Crippen LogP contribution in [-0.2, 0) is 11.2 Å². The Labute approximate surface area is 183 Å². The third-order valence-electron chi connectivity index (χ3n) is 5.57. The quantitative estimate of drug-likeness (QED) is 0.681. The summed E-state index contributed by atoms with van der Waals surface area (Å²) in [6, 6.07) is 12.9. The zero-order valence-corrected chi connectivity index (χ0v) is 18.4. The van der Waals surface area contributed by atoms with Crippen molar-refractivity contribution >= 4 is 11.8 Å². The second-order valence-corrected chi connectivity index (χ2v) is 7.41. The van der Waals surface area contributed by atoms with E-state index in [0.717, 1.165) is 17.7 Å². The highest BCUT2D eigenvalue weighted by atomic mass is 16.5. The van der Waals surface area contributed by atoms with Gasteiger partial charge in [-0.05, 0) is 42.7 Å². The minimum Gasteiger partial charge on any atom is -0.496 e. The second-order valence-electron chi connectivity index (χ2n) is 7.41. The van der Waals surface area contributed by atoms with Gasteiger partial charge in [-0.2, -0.15) is 0 Å². The molecule has 7 nitrogen and oxygen atoms in total. The topological polar surface area (TPSA) is 68.3 Å². The molecule has 7 heteroatoms. The van der Waals surface area contributed by atoms with E-state index in [0.29, 0.717) is 56.1 Å². The molecule has 0 saturated carbocycles. The summed E-state index contributed by atoms with van der Waals surface area (Å²) in [5, 5.41) is 0. The Bertz CT molecular complexity index is 915. The second kappa shape index (κ2) is 10.7. The molecule has 3 rings (SSSR count). The van der Waals surface area contributed by atoms with E-state index >= 15 is 0 Å². The van der Waals surface area contributed by atoms with Gasteiger partial charge < -0.3 is 24.0 Å². The Balaban J connectivity index is 1.58. The van der Waals surface area contributed by atoms with Crippen LogP contribution in [0.3, 0.4) is 0 Å². The molecule has 0 bridgehead atoms. The van der Waals surface area contributed by atoms with Crippen molar-refractivity contribution in [3.63, 3.8) is 0 Å². The molecule has 166 valence electrons. The Kier molecular flexibility index (Phi) is 7.76. The first-order valence-corrected chi connectivity index (χ1v) is 10.5. The molecule has 0 unspecified atom stereocenters. The summed E-state index contributed by atoms with van der Waals surface area (Å²) in [7, 11) is 4.75. The molecule has 0 atom stereocenters. The molecule has 2 aromatic rings. The maximum atomic E-state index is 13.0. The van der Waals surface area contributed by atoms with E-state index in [1.165, 1.54) is 0 Å². The SMILES string of the molecule is COc1ccccc1CCC(=O)N1CCCN(C(=O)c2ccc(OC)c(OC)c2)CC1. The van der Waals surface area contributed by atoms with Crippen LogP contribution >= 0.6 is 0 Å². The van der Waals surface area contributed by atoms with E-state index in [1.807, 2.05) is 29.2 Å². The molecule has 1 fully saturated rings. The van der Waals surface area contributed by atoms with Crippen molar-refractivity contribution in [3.05, 3.63) is 53.6 Å². The zero-order chi connectivity index (χ0) is 22.2. The molecule has 1 heterocycles. The summed E-state index contributed by atoms with van der Waals surface area (Å²) in [5.41, 5.74) is 1.58. The molecule has 1 aliphatic heterocycles. The third-order valence-corrected chi connectivity index (χ3v) is 5.57. The van der Waals surface area contributed by atoms with Gasteiger partial charge in [-0.3, -0.25) is 9.59 Å². The highest BCUT2D eigenvalue weighted by molar-refractivity contribution is 5.95. The number of hydrogen-bond acceptors (Lipinski definition) is 5. The van der Waals surface area contributed by atoms with Crippen LogP contribution in [-0.4, -0.2) is 69.1 Å². The molecule has 2 aromatic carbocycles. The molecule has 2 amide bonds. The lowest BCUT2D eigenvalue weighted by atomic mass is 10.1. The maximum Gasteiger partial charge on any atom is 0.254 e. The lowest BCUT2D eigenvalue weighted by Gasteiger charge is -2.23. The van der Waals surface area contributed by atoms with E-state index < -0.39 is 0 Å². The summed E-state index contributed by atoms with van der Waals surface area (Å²) >= 11 is 0. The van der Waals surface area contributed by atoms with Crippen LogP contribution in [0, 0.1) is 0 Å². The van der Waals surface area contributed by atoms with Crippen LogP contribution in [0.1, 0.15) is 28.8 Å². The number of carbonyl (C=O) groups excluding carboxylic acids is 2. The molecular weight excluding hydrogens is 396 g/mol. The summed E-state index contributed by atoms with van der Waals surface area (Å²) in [5.74, 6) is 1.95. The van der Waals surface area contributed by atoms with Gasteiger partial charge in [0.1, 0.15) is 5.75 Å². The van der Waals surface area contributed by atoms with Crippen molar-refractivity contribution in [1.29, 1.82) is 0 Å². The molecule has 0 N–H and O–H groups in total. The number of carbonyl (C=O) groups is 2. The molecular formula is C24H30N2O5. The molecule has 1 aliphatic rings. The van der Waals surface area contributed by atoms with Crippen LogP contribution in [0.2, 0.25) is 0 Å². The van der Waals surface area contributed by atoms with Crippen LogP contribution in [0.5, 0.6) is 17.2 Å². The maximum absolute atomic E-state index is 13.0. The number of amides is 2. The predicted molar refractivity (Wildman–Crippen MR) is 118 cm³/mol. The van der Waals surface area contributed by atoms with E-state index in [9.17, 15) is 9.59 Å². The molecule has 0 spiro atoms. The number of benzene rings is 2. The third kappa shape index (κ3) is 5.48. The van der Waals surface area contributed by atoms with Crippen molar-refractivity contribution in [2.24, 2.45) is 0 Å². The monoisotopic (exact) mass is 426 g/mol. The molecule has 0 aliphatic carbocycles. The van der Waals surface area contributed by atoms with Crippen molar-refractivity contribution in [1.82, 2.24) is 9.80 Å². The van der Waals surface area contributed by atoms with Crippen LogP contribution in [0.15, 0.2) is 42.5 Å². The van der Waals surface area contributed by atoms with Gasteiger partial charge >= 0.3 is 0 Å². The summed E-state index contributed by atoms with van der Waals surface area (Å²) < 4.78 is 15.9. The average Bonchev–Trinajstić information content (AvgIpc) is 3.08. The predicted octanol–water partition coefficient (Wildman–Crippen LogP) is 3.02. The van der Waals surface area contributed by atoms with Gasteiger partial charge in [0.25, 0.3) is 5.91 Å². The number of hydrogen-bond donors (Lipinski definition) is 0. The Morgan fingerprint density at radius 1 is 0.806 bits per heavy atom. The highest BCUT2D eigenvalue weighted by Gasteiger charge is 2.23. The van der Waals surface area contributed by atoms with E-state index in [1.54, 1.807) is 44.4 Å². The number of methoxy groups -OCH3 is 3. The Morgan fingerprint density at radius 2 is 1.48 bits per heavy atom. The lowest BCUT2D eigenvalue weighted by molar-refractivity contribution is -0.131. The van der Waals surface area contributed by atoms with Crippen LogP contribution in [0.4, 0.5) is 0 Å². The van der Waals surface area contributed by atoms with Gasteiger partial charge in [-0.25, -0.2) is 0 Å². The summed E-state index contributed by atoms with van der Waals surface area (Å²) in [6.07, 6.45) is 1.80. The first kappa shape index (κ1) is 22.5. The van der Waals surface area contributed by atoms with Crippen molar-refractivity contribution in [2.45, 2.75) is 19.3 Å². The fourth-order valence-electron chi connectivity index (χ4n) is 3.83. The number of para-hydroxylation sites is 1. The number of aryl methyl sites for hydroxylation is 1. The fraction of sp³-hybridized carbons (Fsp3) is 0.417. The molecule has 1 saturated heterocycles. The van der Waals surface area contributed by atoms with Gasteiger partial charge in [0.2, 0.25) is 5.91 Å². The average molecular weight is 427 g/mol. The van der Waals surface area contributed by atoms with Gasteiger partial charge in [-0.1, -0.05) is 18.2 Å². The smallest absolute Gasteiger partial charge is 0.254 e. The van der Waals surface area contributed by atoms with Crippen LogP contribution in [0.25, 0.3) is 0 Å². The summed E-state index contributed by atoms with van der Waals surface area (Å²) in [4.78, 5) is 29.4. The number of rotatable bonds is 7.